The van der Waals surface area contributed by atoms with Crippen LogP contribution in [-0.2, 0) is 9.59 Å². The molecule has 85 valence electrons. The first-order valence-electron chi connectivity index (χ1n) is 4.54. The van der Waals surface area contributed by atoms with Crippen molar-refractivity contribution in [2.24, 2.45) is 11.5 Å². The van der Waals surface area contributed by atoms with Crippen molar-refractivity contribution in [2.75, 3.05) is 13.1 Å². The smallest absolute Gasteiger partial charge is 0.237 e. The highest BCUT2D eigenvalue weighted by Crippen LogP contribution is 1.92. The van der Waals surface area contributed by atoms with Crippen LogP contribution in [0, 0.1) is 5.41 Å². The Morgan fingerprint density at radius 3 is 2.67 bits per heavy atom. The average Bonchev–Trinajstić information content (AvgIpc) is 2.20. The molecule has 0 aromatic heterocycles. The molecule has 0 aliphatic heterocycles. The second-order valence-corrected chi connectivity index (χ2v) is 2.95. The van der Waals surface area contributed by atoms with Crippen LogP contribution in [-0.4, -0.2) is 37.3 Å². The molecule has 0 aromatic rings. The monoisotopic (exact) mass is 214 g/mol. The third kappa shape index (κ3) is 7.44. The second-order valence-electron chi connectivity index (χ2n) is 2.95. The molecule has 1 atom stereocenters. The summed E-state index contributed by atoms with van der Waals surface area (Å²) in [5, 5.41) is 11.8. The summed E-state index contributed by atoms with van der Waals surface area (Å²) in [7, 11) is 0. The van der Waals surface area contributed by atoms with Crippen molar-refractivity contribution >= 4 is 18.2 Å². The summed E-state index contributed by atoms with van der Waals surface area (Å²) in [5.74, 6) is -0.482. The molecule has 1 amide bonds. The van der Waals surface area contributed by atoms with Gasteiger partial charge in [0.1, 0.15) is 0 Å². The van der Waals surface area contributed by atoms with E-state index < -0.39 is 6.04 Å². The minimum absolute atomic E-state index is 0.108. The summed E-state index contributed by atoms with van der Waals surface area (Å²) in [5.41, 5.74) is 10.6. The Morgan fingerprint density at radius 1 is 1.47 bits per heavy atom. The van der Waals surface area contributed by atoms with Crippen LogP contribution in [0.15, 0.2) is 0 Å². The fourth-order valence-electron chi connectivity index (χ4n) is 0.930. The third-order valence-corrected chi connectivity index (χ3v) is 1.68. The third-order valence-electron chi connectivity index (χ3n) is 1.68. The van der Waals surface area contributed by atoms with Gasteiger partial charge in [-0.1, -0.05) is 0 Å². The Labute approximate surface area is 88.1 Å². The van der Waals surface area contributed by atoms with E-state index in [1.807, 2.05) is 0 Å². The summed E-state index contributed by atoms with van der Waals surface area (Å²) >= 11 is 0. The van der Waals surface area contributed by atoms with E-state index in [0.29, 0.717) is 19.4 Å². The van der Waals surface area contributed by atoms with Crippen LogP contribution in [0.3, 0.4) is 0 Å². The molecule has 0 saturated heterocycles. The van der Waals surface area contributed by atoms with Crippen molar-refractivity contribution < 1.29 is 9.59 Å². The molecule has 7 N–H and O–H groups in total. The number of nitrogens with two attached hydrogens (primary N) is 2. The molecule has 0 aliphatic rings. The normalized spacial score (nSPS) is 11.5. The van der Waals surface area contributed by atoms with Crippen LogP contribution < -0.4 is 22.1 Å². The number of rotatable bonds is 7. The van der Waals surface area contributed by atoms with Gasteiger partial charge in [-0.2, -0.15) is 0 Å². The fraction of sp³-hybridized carbons (Fsp3) is 0.625. The first kappa shape index (κ1) is 13.4. The van der Waals surface area contributed by atoms with Crippen molar-refractivity contribution in [3.05, 3.63) is 0 Å². The SMILES string of the molecule is N=C(N)NCCCC(N)C(=O)NC[C]=O. The molecule has 0 heterocycles. The first-order valence-corrected chi connectivity index (χ1v) is 4.54. The molecule has 1 unspecified atom stereocenters. The molecular formula is C8H16N5O2. The highest BCUT2D eigenvalue weighted by atomic mass is 16.2. The summed E-state index contributed by atoms with van der Waals surface area (Å²) in [6, 6.07) is -0.646. The van der Waals surface area contributed by atoms with E-state index in [1.54, 1.807) is 6.29 Å². The molecular weight excluding hydrogens is 198 g/mol. The zero-order chi connectivity index (χ0) is 11.7. The molecule has 7 heteroatoms. The van der Waals surface area contributed by atoms with E-state index in [1.165, 1.54) is 0 Å². The standard InChI is InChI=1S/C8H16N5O2/c9-6(7(15)12-4-5-14)2-1-3-13-8(10)11/h6H,1-4,9H2,(H,12,15)(H4,10,11,13). The topological polar surface area (TPSA) is 134 Å². The van der Waals surface area contributed by atoms with Gasteiger partial charge in [0.25, 0.3) is 0 Å². The molecule has 0 spiro atoms. The number of hydrogen-bond acceptors (Lipinski definition) is 4. The van der Waals surface area contributed by atoms with Crippen molar-refractivity contribution in [3.8, 4) is 0 Å². The Hall–Kier alpha value is -1.63. The summed E-state index contributed by atoms with van der Waals surface area (Å²) < 4.78 is 0. The highest BCUT2D eigenvalue weighted by molar-refractivity contribution is 5.83. The summed E-state index contributed by atoms with van der Waals surface area (Å²) in [6.07, 6.45) is 2.63. The van der Waals surface area contributed by atoms with Gasteiger partial charge in [-0.15, -0.1) is 0 Å². The zero-order valence-corrected chi connectivity index (χ0v) is 8.38. The molecule has 0 fully saturated rings. The predicted molar refractivity (Wildman–Crippen MR) is 55.8 cm³/mol. The van der Waals surface area contributed by atoms with E-state index >= 15 is 0 Å². The van der Waals surface area contributed by atoms with Crippen LogP contribution in [0.1, 0.15) is 12.8 Å². The molecule has 0 aromatic carbocycles. The largest absolute Gasteiger partial charge is 0.370 e. The van der Waals surface area contributed by atoms with Gasteiger partial charge < -0.3 is 22.1 Å². The van der Waals surface area contributed by atoms with E-state index in [2.05, 4.69) is 10.6 Å². The van der Waals surface area contributed by atoms with E-state index in [0.717, 1.165) is 0 Å². The minimum atomic E-state index is -0.646. The van der Waals surface area contributed by atoms with Crippen molar-refractivity contribution in [3.63, 3.8) is 0 Å². The lowest BCUT2D eigenvalue weighted by Crippen LogP contribution is -2.41. The quantitative estimate of drug-likeness (QED) is 0.186. The van der Waals surface area contributed by atoms with Gasteiger partial charge in [-0.3, -0.25) is 15.0 Å². The number of amides is 1. The maximum atomic E-state index is 11.1. The van der Waals surface area contributed by atoms with Crippen molar-refractivity contribution in [1.82, 2.24) is 10.6 Å². The Bertz CT molecular complexity index is 231. The Morgan fingerprint density at radius 2 is 2.13 bits per heavy atom. The van der Waals surface area contributed by atoms with Gasteiger partial charge >= 0.3 is 0 Å². The summed E-state index contributed by atoms with van der Waals surface area (Å²) in [4.78, 5) is 21.0. The molecule has 7 nitrogen and oxygen atoms in total. The summed E-state index contributed by atoms with van der Waals surface area (Å²) in [6.45, 7) is 0.356. The van der Waals surface area contributed by atoms with Crippen LogP contribution in [0.4, 0.5) is 0 Å². The molecule has 15 heavy (non-hydrogen) atoms. The lowest BCUT2D eigenvalue weighted by Gasteiger charge is -2.10. The molecule has 1 radical (unpaired) electrons. The first-order chi connectivity index (χ1) is 7.07. The molecule has 0 rings (SSSR count). The van der Waals surface area contributed by atoms with E-state index in [9.17, 15) is 9.59 Å². The van der Waals surface area contributed by atoms with Crippen LogP contribution in [0.25, 0.3) is 0 Å². The van der Waals surface area contributed by atoms with E-state index in [-0.39, 0.29) is 18.4 Å². The Balaban J connectivity index is 3.54. The average molecular weight is 214 g/mol. The van der Waals surface area contributed by atoms with Gasteiger partial charge in [-0.25, -0.2) is 0 Å². The number of carbonyl (C=O) groups excluding carboxylic acids is 2. The van der Waals surface area contributed by atoms with Crippen molar-refractivity contribution in [1.29, 1.82) is 5.41 Å². The van der Waals surface area contributed by atoms with Gasteiger partial charge in [0, 0.05) is 6.54 Å². The van der Waals surface area contributed by atoms with E-state index in [4.69, 9.17) is 16.9 Å². The second kappa shape index (κ2) is 7.74. The maximum absolute atomic E-state index is 11.1. The number of guanidine groups is 1. The van der Waals surface area contributed by atoms with Gasteiger partial charge in [-0.05, 0) is 12.8 Å². The number of hydrogen-bond donors (Lipinski definition) is 5. The lowest BCUT2D eigenvalue weighted by molar-refractivity contribution is -0.122. The molecule has 0 aliphatic carbocycles. The lowest BCUT2D eigenvalue weighted by atomic mass is 10.1. The van der Waals surface area contributed by atoms with Crippen LogP contribution in [0.5, 0.6) is 0 Å². The minimum Gasteiger partial charge on any atom is -0.370 e. The van der Waals surface area contributed by atoms with Crippen LogP contribution >= 0.6 is 0 Å². The van der Waals surface area contributed by atoms with Gasteiger partial charge in [0.05, 0.1) is 12.6 Å². The molecule has 0 saturated carbocycles. The number of nitrogens with one attached hydrogen (secondary N) is 3. The van der Waals surface area contributed by atoms with Gasteiger partial charge in [0.2, 0.25) is 12.2 Å². The number of carbonyl (C=O) groups is 1. The fourth-order valence-corrected chi connectivity index (χ4v) is 0.930. The van der Waals surface area contributed by atoms with Gasteiger partial charge in [0.15, 0.2) is 5.96 Å². The highest BCUT2D eigenvalue weighted by Gasteiger charge is 2.11. The maximum Gasteiger partial charge on any atom is 0.237 e. The predicted octanol–water partition coefficient (Wildman–Crippen LogP) is -2.20. The van der Waals surface area contributed by atoms with Crippen molar-refractivity contribution in [2.45, 2.75) is 18.9 Å². The molecule has 0 bridgehead atoms. The van der Waals surface area contributed by atoms with Crippen LogP contribution in [0.2, 0.25) is 0 Å². The Kier molecular flexibility index (Phi) is 6.90. The zero-order valence-electron chi connectivity index (χ0n) is 8.38.